The molecule has 0 saturated heterocycles. The Labute approximate surface area is 81.5 Å². The highest BCUT2D eigenvalue weighted by Crippen LogP contribution is 2.06. The van der Waals surface area contributed by atoms with Crippen LogP contribution in [0.1, 0.15) is 12.6 Å². The third-order valence-corrected chi connectivity index (χ3v) is 2.10. The summed E-state index contributed by atoms with van der Waals surface area (Å²) >= 11 is 0. The average molecular weight is 186 g/mol. The predicted octanol–water partition coefficient (Wildman–Crippen LogP) is 1.55. The molecule has 0 fully saturated rings. The molecule has 0 unspecified atom stereocenters. The highest BCUT2D eigenvalue weighted by molar-refractivity contribution is 5.76. The van der Waals surface area contributed by atoms with Crippen LogP contribution in [0, 0.1) is 0 Å². The van der Waals surface area contributed by atoms with Crippen molar-refractivity contribution in [2.75, 3.05) is 0 Å². The van der Waals surface area contributed by atoms with Gasteiger partial charge in [0.1, 0.15) is 5.69 Å². The number of rotatable bonds is 1. The van der Waals surface area contributed by atoms with Gasteiger partial charge in [-0.3, -0.25) is 9.78 Å². The van der Waals surface area contributed by atoms with E-state index in [1.807, 2.05) is 31.2 Å². The molecule has 3 heteroatoms. The highest BCUT2D eigenvalue weighted by atomic mass is 16.1. The molecule has 0 bridgehead atoms. The largest absolute Gasteiger partial charge is 0.291 e. The number of aryl methyl sites for hydroxylation is 1. The summed E-state index contributed by atoms with van der Waals surface area (Å²) < 4.78 is 0. The summed E-state index contributed by atoms with van der Waals surface area (Å²) in [5, 5.41) is 0.893. The van der Waals surface area contributed by atoms with Crippen LogP contribution in [0.5, 0.6) is 0 Å². The van der Waals surface area contributed by atoms with Crippen molar-refractivity contribution in [3.63, 3.8) is 0 Å². The summed E-state index contributed by atoms with van der Waals surface area (Å²) in [4.78, 5) is 19.6. The molecule has 0 radical (unpaired) electrons. The van der Waals surface area contributed by atoms with E-state index in [-0.39, 0.29) is 5.56 Å². The van der Waals surface area contributed by atoms with Crippen molar-refractivity contribution < 1.29 is 0 Å². The van der Waals surface area contributed by atoms with Crippen LogP contribution in [0.3, 0.4) is 0 Å². The first-order valence-electron chi connectivity index (χ1n) is 4.56. The molecule has 0 amide bonds. The van der Waals surface area contributed by atoms with Crippen LogP contribution in [0.4, 0.5) is 0 Å². The molecule has 1 heterocycles. The highest BCUT2D eigenvalue weighted by Gasteiger charge is 1.98. The number of para-hydroxylation sites is 1. The van der Waals surface area contributed by atoms with E-state index in [9.17, 15) is 4.79 Å². The van der Waals surface area contributed by atoms with Crippen LogP contribution < -0.4 is 5.56 Å². The number of hydrogen-bond acceptors (Lipinski definition) is 3. The summed E-state index contributed by atoms with van der Waals surface area (Å²) in [6.45, 7) is 1.90. The molecular formula is C11H10N2O. The third-order valence-electron chi connectivity index (χ3n) is 2.10. The maximum absolute atomic E-state index is 11.5. The van der Waals surface area contributed by atoms with Crippen LogP contribution in [0.25, 0.3) is 10.9 Å². The van der Waals surface area contributed by atoms with Gasteiger partial charge in [0.15, 0.2) is 0 Å². The lowest BCUT2D eigenvalue weighted by atomic mass is 10.2. The van der Waals surface area contributed by atoms with E-state index >= 15 is 0 Å². The van der Waals surface area contributed by atoms with Crippen molar-refractivity contribution >= 4 is 10.9 Å². The first kappa shape index (κ1) is 8.81. The Balaban J connectivity index is 2.86. The van der Waals surface area contributed by atoms with Crippen LogP contribution in [0.15, 0.2) is 35.3 Å². The minimum Gasteiger partial charge on any atom is -0.265 e. The van der Waals surface area contributed by atoms with Crippen LogP contribution in [0.2, 0.25) is 0 Å². The molecule has 0 atom stereocenters. The number of hydrogen-bond donors (Lipinski definition) is 0. The molecule has 2 aromatic rings. The lowest BCUT2D eigenvalue weighted by Gasteiger charge is -1.85. The Kier molecular flexibility index (Phi) is 2.23. The van der Waals surface area contributed by atoms with Crippen molar-refractivity contribution in [2.24, 2.45) is 0 Å². The van der Waals surface area contributed by atoms with Gasteiger partial charge in [0.25, 0.3) is 5.56 Å². The number of aromatic nitrogens is 2. The summed E-state index contributed by atoms with van der Waals surface area (Å²) in [5.74, 6) is 0. The van der Waals surface area contributed by atoms with Crippen molar-refractivity contribution in [1.82, 2.24) is 9.97 Å². The molecule has 2 rings (SSSR count). The molecule has 0 spiro atoms. The molecule has 14 heavy (non-hydrogen) atoms. The normalized spacial score (nSPS) is 10.4. The summed E-state index contributed by atoms with van der Waals surface area (Å²) in [5.41, 5.74) is 0.986. The van der Waals surface area contributed by atoms with E-state index in [4.69, 9.17) is 0 Å². The van der Waals surface area contributed by atoms with Gasteiger partial charge in [-0.1, -0.05) is 25.1 Å². The Morgan fingerprint density at radius 2 is 2.07 bits per heavy atom. The Morgan fingerprint density at radius 3 is 2.86 bits per heavy atom. The number of fused-ring (bicyclic) bond motifs is 1. The molecule has 0 aliphatic rings. The fraction of sp³-hybridized carbons (Fsp3) is 0.182. The smallest absolute Gasteiger partial charge is 0.265 e. The fourth-order valence-electron chi connectivity index (χ4n) is 1.32. The molecule has 0 saturated carbocycles. The molecule has 0 aliphatic heterocycles. The van der Waals surface area contributed by atoms with Crippen molar-refractivity contribution in [1.29, 1.82) is 0 Å². The summed E-state index contributed by atoms with van der Waals surface area (Å²) in [7, 11) is 0. The van der Waals surface area contributed by atoms with Gasteiger partial charge in [-0.05, 0) is 12.5 Å². The van der Waals surface area contributed by atoms with Crippen LogP contribution in [-0.4, -0.2) is 9.97 Å². The van der Waals surface area contributed by atoms with Gasteiger partial charge in [0.05, 0.1) is 5.52 Å². The standard InChI is InChI=1S/C11H10N2O/c1-2-9-11(14)13-10-6-4-3-5-8(10)7-12-9/h3-7H,2H2,1H3. The molecule has 0 N–H and O–H groups in total. The third kappa shape index (κ3) is 1.48. The zero-order chi connectivity index (χ0) is 9.97. The van der Waals surface area contributed by atoms with E-state index in [0.29, 0.717) is 17.6 Å². The van der Waals surface area contributed by atoms with E-state index < -0.39 is 0 Å². The van der Waals surface area contributed by atoms with Crippen molar-refractivity contribution in [2.45, 2.75) is 13.3 Å². The van der Waals surface area contributed by atoms with Gasteiger partial charge in [0, 0.05) is 11.6 Å². The molecule has 70 valence electrons. The van der Waals surface area contributed by atoms with Crippen molar-refractivity contribution in [3.05, 3.63) is 46.5 Å². The van der Waals surface area contributed by atoms with Crippen LogP contribution in [-0.2, 0) is 6.42 Å². The zero-order valence-electron chi connectivity index (χ0n) is 7.90. The Morgan fingerprint density at radius 1 is 1.29 bits per heavy atom. The van der Waals surface area contributed by atoms with Crippen molar-refractivity contribution in [3.8, 4) is 0 Å². The quantitative estimate of drug-likeness (QED) is 0.678. The second-order valence-corrected chi connectivity index (χ2v) is 3.03. The van der Waals surface area contributed by atoms with E-state index in [0.717, 1.165) is 5.39 Å². The molecule has 1 aromatic carbocycles. The maximum Gasteiger partial charge on any atom is 0.291 e. The summed E-state index contributed by atoms with van der Waals surface area (Å²) in [6.07, 6.45) is 2.31. The topological polar surface area (TPSA) is 42.9 Å². The second kappa shape index (κ2) is 3.54. The van der Waals surface area contributed by atoms with Gasteiger partial charge in [-0.25, -0.2) is 4.98 Å². The van der Waals surface area contributed by atoms with Gasteiger partial charge >= 0.3 is 0 Å². The minimum absolute atomic E-state index is 0.228. The van der Waals surface area contributed by atoms with E-state index in [1.54, 1.807) is 6.20 Å². The lowest BCUT2D eigenvalue weighted by Crippen LogP contribution is -2.09. The van der Waals surface area contributed by atoms with Gasteiger partial charge < -0.3 is 0 Å². The van der Waals surface area contributed by atoms with E-state index in [2.05, 4.69) is 9.97 Å². The first-order chi connectivity index (χ1) is 6.81. The molecular weight excluding hydrogens is 176 g/mol. The molecule has 1 aromatic heterocycles. The lowest BCUT2D eigenvalue weighted by molar-refractivity contribution is 1.00. The maximum atomic E-state index is 11.5. The monoisotopic (exact) mass is 186 g/mol. The summed E-state index contributed by atoms with van der Waals surface area (Å²) in [6, 6.07) is 7.48. The van der Waals surface area contributed by atoms with Gasteiger partial charge in [-0.2, -0.15) is 0 Å². The SMILES string of the molecule is CCc1ncc2ccccc2nc1=O. The number of benzene rings is 1. The average Bonchev–Trinajstić information content (AvgIpc) is 2.36. The van der Waals surface area contributed by atoms with Gasteiger partial charge in [-0.15, -0.1) is 0 Å². The fourth-order valence-corrected chi connectivity index (χ4v) is 1.32. The second-order valence-electron chi connectivity index (χ2n) is 3.03. The first-order valence-corrected chi connectivity index (χ1v) is 4.56. The zero-order valence-corrected chi connectivity index (χ0v) is 7.90. The Hall–Kier alpha value is -1.77. The minimum atomic E-state index is -0.228. The predicted molar refractivity (Wildman–Crippen MR) is 55.2 cm³/mol. The Bertz CT molecular complexity index is 523. The molecule has 3 nitrogen and oxygen atoms in total. The van der Waals surface area contributed by atoms with Crippen LogP contribution >= 0.6 is 0 Å². The number of nitrogens with zero attached hydrogens (tertiary/aromatic N) is 2. The van der Waals surface area contributed by atoms with E-state index in [1.165, 1.54) is 0 Å². The molecule has 0 aliphatic carbocycles. The van der Waals surface area contributed by atoms with Gasteiger partial charge in [0.2, 0.25) is 0 Å².